The van der Waals surface area contributed by atoms with E-state index in [1.54, 1.807) is 0 Å². The van der Waals surface area contributed by atoms with Crippen molar-refractivity contribution in [3.05, 3.63) is 0 Å². The number of hydrogen-bond acceptors (Lipinski definition) is 3. The monoisotopic (exact) mass is 217 g/mol. The van der Waals surface area contributed by atoms with Crippen LogP contribution in [0.5, 0.6) is 0 Å². The fourth-order valence-electron chi connectivity index (χ4n) is 1.63. The first kappa shape index (κ1) is 14.9. The topological polar surface area (TPSA) is 30.5 Å². The molecule has 1 atom stereocenters. The summed E-state index contributed by atoms with van der Waals surface area (Å²) in [6.45, 7) is 10.7. The van der Waals surface area contributed by atoms with Crippen molar-refractivity contribution in [2.45, 2.75) is 59.3 Å². The van der Waals surface area contributed by atoms with E-state index in [0.717, 1.165) is 13.0 Å². The zero-order chi connectivity index (χ0) is 11.5. The average Bonchev–Trinajstić information content (AvgIpc) is 2.24. The van der Waals surface area contributed by atoms with Crippen LogP contribution in [0.15, 0.2) is 0 Å². The maximum absolute atomic E-state index is 5.61. The van der Waals surface area contributed by atoms with Crippen LogP contribution >= 0.6 is 0 Å². The lowest BCUT2D eigenvalue weighted by molar-refractivity contribution is -0.155. The summed E-state index contributed by atoms with van der Waals surface area (Å²) in [5.74, 6) is 0. The van der Waals surface area contributed by atoms with Crippen LogP contribution in [0.2, 0.25) is 0 Å². The Morgan fingerprint density at radius 3 is 2.00 bits per heavy atom. The number of likely N-dealkylation sites (N-methyl/N-ethyl adjacent to an activating group) is 1. The molecule has 15 heavy (non-hydrogen) atoms. The van der Waals surface area contributed by atoms with Crippen molar-refractivity contribution in [1.82, 2.24) is 5.32 Å². The highest BCUT2D eigenvalue weighted by molar-refractivity contribution is 4.70. The highest BCUT2D eigenvalue weighted by Gasteiger charge is 2.20. The van der Waals surface area contributed by atoms with Crippen LogP contribution in [-0.4, -0.2) is 32.1 Å². The van der Waals surface area contributed by atoms with E-state index in [1.807, 2.05) is 13.8 Å². The number of unbranched alkanes of at least 4 members (excludes halogenated alkanes) is 1. The highest BCUT2D eigenvalue weighted by Crippen LogP contribution is 2.10. The molecule has 0 aliphatic carbocycles. The van der Waals surface area contributed by atoms with Gasteiger partial charge in [0.2, 0.25) is 0 Å². The number of nitrogens with one attached hydrogen (secondary N) is 1. The van der Waals surface area contributed by atoms with Gasteiger partial charge in [0.05, 0.1) is 6.04 Å². The first-order valence-corrected chi connectivity index (χ1v) is 6.26. The zero-order valence-electron chi connectivity index (χ0n) is 10.7. The summed E-state index contributed by atoms with van der Waals surface area (Å²) in [5, 5.41) is 3.44. The minimum Gasteiger partial charge on any atom is -0.351 e. The minimum atomic E-state index is -0.0912. The van der Waals surface area contributed by atoms with Gasteiger partial charge in [-0.05, 0) is 26.8 Å². The van der Waals surface area contributed by atoms with Crippen LogP contribution < -0.4 is 5.32 Å². The molecule has 0 aliphatic heterocycles. The second-order valence-corrected chi connectivity index (χ2v) is 3.59. The third-order valence-corrected chi connectivity index (χ3v) is 2.33. The molecule has 0 saturated carbocycles. The Morgan fingerprint density at radius 1 is 1.00 bits per heavy atom. The zero-order valence-corrected chi connectivity index (χ0v) is 10.7. The second kappa shape index (κ2) is 10.4. The Labute approximate surface area is 94.5 Å². The van der Waals surface area contributed by atoms with Crippen LogP contribution in [0, 0.1) is 0 Å². The molecule has 0 radical (unpaired) electrons. The van der Waals surface area contributed by atoms with Crippen molar-refractivity contribution in [3.8, 4) is 0 Å². The second-order valence-electron chi connectivity index (χ2n) is 3.59. The molecule has 1 unspecified atom stereocenters. The molecule has 0 aromatic heterocycles. The summed E-state index contributed by atoms with van der Waals surface area (Å²) < 4.78 is 11.2. The molecule has 0 heterocycles. The van der Waals surface area contributed by atoms with Gasteiger partial charge in [-0.25, -0.2) is 0 Å². The molecule has 0 aromatic rings. The van der Waals surface area contributed by atoms with Crippen molar-refractivity contribution < 1.29 is 9.47 Å². The third kappa shape index (κ3) is 6.88. The Balaban J connectivity index is 4.09. The van der Waals surface area contributed by atoms with Crippen molar-refractivity contribution in [2.75, 3.05) is 19.8 Å². The van der Waals surface area contributed by atoms with Gasteiger partial charge in [-0.3, -0.25) is 0 Å². The average molecular weight is 217 g/mol. The molecule has 0 amide bonds. The van der Waals surface area contributed by atoms with E-state index in [-0.39, 0.29) is 6.29 Å². The van der Waals surface area contributed by atoms with Crippen LogP contribution in [0.4, 0.5) is 0 Å². The van der Waals surface area contributed by atoms with Crippen molar-refractivity contribution in [2.24, 2.45) is 0 Å². The molecule has 0 aromatic carbocycles. The lowest BCUT2D eigenvalue weighted by Crippen LogP contribution is -2.43. The first-order valence-electron chi connectivity index (χ1n) is 6.26. The predicted molar refractivity (Wildman–Crippen MR) is 64.0 cm³/mol. The van der Waals surface area contributed by atoms with Gasteiger partial charge in [-0.2, -0.15) is 0 Å². The summed E-state index contributed by atoms with van der Waals surface area (Å²) in [6, 6.07) is 0.329. The van der Waals surface area contributed by atoms with E-state index >= 15 is 0 Å². The Hall–Kier alpha value is -0.120. The molecule has 0 spiro atoms. The molecule has 1 N–H and O–H groups in total. The molecule has 92 valence electrons. The quantitative estimate of drug-likeness (QED) is 0.570. The fraction of sp³-hybridized carbons (Fsp3) is 1.00. The Bertz CT molecular complexity index is 125. The van der Waals surface area contributed by atoms with E-state index in [2.05, 4.69) is 19.2 Å². The lowest BCUT2D eigenvalue weighted by Gasteiger charge is -2.27. The molecular formula is C12H27NO2. The first-order chi connectivity index (χ1) is 7.29. The Kier molecular flexibility index (Phi) is 10.3. The van der Waals surface area contributed by atoms with Gasteiger partial charge in [-0.1, -0.05) is 26.7 Å². The number of rotatable bonds is 10. The van der Waals surface area contributed by atoms with Gasteiger partial charge in [0.25, 0.3) is 0 Å². The maximum Gasteiger partial charge on any atom is 0.172 e. The van der Waals surface area contributed by atoms with E-state index in [0.29, 0.717) is 19.3 Å². The summed E-state index contributed by atoms with van der Waals surface area (Å²) in [4.78, 5) is 0. The van der Waals surface area contributed by atoms with E-state index in [9.17, 15) is 0 Å². The molecule has 0 bridgehead atoms. The van der Waals surface area contributed by atoms with Gasteiger partial charge >= 0.3 is 0 Å². The van der Waals surface area contributed by atoms with E-state index in [1.165, 1.54) is 12.8 Å². The van der Waals surface area contributed by atoms with Crippen LogP contribution in [0.25, 0.3) is 0 Å². The summed E-state index contributed by atoms with van der Waals surface area (Å²) in [5.41, 5.74) is 0. The molecular weight excluding hydrogens is 190 g/mol. The highest BCUT2D eigenvalue weighted by atomic mass is 16.7. The SMILES string of the molecule is CCCCC(NCC)C(OCC)OCC. The predicted octanol–water partition coefficient (Wildman–Crippen LogP) is 2.55. The maximum atomic E-state index is 5.61. The molecule has 0 rings (SSSR count). The van der Waals surface area contributed by atoms with Crippen molar-refractivity contribution >= 4 is 0 Å². The van der Waals surface area contributed by atoms with Crippen molar-refractivity contribution in [3.63, 3.8) is 0 Å². The van der Waals surface area contributed by atoms with Crippen LogP contribution in [0.1, 0.15) is 47.0 Å². The molecule has 0 fully saturated rings. The van der Waals surface area contributed by atoms with E-state index < -0.39 is 0 Å². The molecule has 0 saturated heterocycles. The lowest BCUT2D eigenvalue weighted by atomic mass is 10.1. The fourth-order valence-corrected chi connectivity index (χ4v) is 1.63. The Morgan fingerprint density at radius 2 is 1.60 bits per heavy atom. The van der Waals surface area contributed by atoms with Crippen molar-refractivity contribution in [1.29, 1.82) is 0 Å². The molecule has 0 aliphatic rings. The van der Waals surface area contributed by atoms with Gasteiger partial charge < -0.3 is 14.8 Å². The van der Waals surface area contributed by atoms with Crippen LogP contribution in [-0.2, 0) is 9.47 Å². The molecule has 3 nitrogen and oxygen atoms in total. The smallest absolute Gasteiger partial charge is 0.172 e. The van der Waals surface area contributed by atoms with Crippen LogP contribution in [0.3, 0.4) is 0 Å². The third-order valence-electron chi connectivity index (χ3n) is 2.33. The summed E-state index contributed by atoms with van der Waals surface area (Å²) in [6.07, 6.45) is 3.46. The number of ether oxygens (including phenoxy) is 2. The van der Waals surface area contributed by atoms with Gasteiger partial charge in [-0.15, -0.1) is 0 Å². The van der Waals surface area contributed by atoms with Gasteiger partial charge in [0.15, 0.2) is 6.29 Å². The van der Waals surface area contributed by atoms with Gasteiger partial charge in [0, 0.05) is 13.2 Å². The summed E-state index contributed by atoms with van der Waals surface area (Å²) >= 11 is 0. The molecule has 3 heteroatoms. The van der Waals surface area contributed by atoms with E-state index in [4.69, 9.17) is 9.47 Å². The standard InChI is InChI=1S/C12H27NO2/c1-5-9-10-11(13-6-2)12(14-7-3)15-8-4/h11-13H,5-10H2,1-4H3. The minimum absolute atomic E-state index is 0.0912. The van der Waals surface area contributed by atoms with Gasteiger partial charge in [0.1, 0.15) is 0 Å². The number of hydrogen-bond donors (Lipinski definition) is 1. The summed E-state index contributed by atoms with van der Waals surface area (Å²) in [7, 11) is 0. The largest absolute Gasteiger partial charge is 0.351 e. The normalized spacial score (nSPS) is 13.4.